The summed E-state index contributed by atoms with van der Waals surface area (Å²) in [5.41, 5.74) is 0.449. The maximum atomic E-state index is 12.6. The molecule has 2 aliphatic rings. The molecule has 5 heteroatoms. The zero-order valence-corrected chi connectivity index (χ0v) is 17.9. The normalized spacial score (nSPS) is 20.6. The molecule has 1 heterocycles. The van der Waals surface area contributed by atoms with Gasteiger partial charge in [-0.2, -0.15) is 0 Å². The average Bonchev–Trinajstić information content (AvgIpc) is 2.74. The molecule has 0 amide bonds. The van der Waals surface area contributed by atoms with Gasteiger partial charge >= 0.3 is 0 Å². The summed E-state index contributed by atoms with van der Waals surface area (Å²) in [5, 5.41) is 30.2. The van der Waals surface area contributed by atoms with Gasteiger partial charge in [0.15, 0.2) is 5.76 Å². The van der Waals surface area contributed by atoms with E-state index < -0.39 is 17.3 Å². The fourth-order valence-corrected chi connectivity index (χ4v) is 4.19. The molecule has 0 spiro atoms. The van der Waals surface area contributed by atoms with Crippen molar-refractivity contribution < 1.29 is 19.7 Å². The van der Waals surface area contributed by atoms with Crippen LogP contribution in [0.25, 0.3) is 17.7 Å². The molecule has 1 aromatic heterocycles. The summed E-state index contributed by atoms with van der Waals surface area (Å²) in [6.07, 6.45) is 18.2. The minimum absolute atomic E-state index is 0.0505. The van der Waals surface area contributed by atoms with Gasteiger partial charge in [0.2, 0.25) is 11.2 Å². The zero-order chi connectivity index (χ0) is 21.5. The van der Waals surface area contributed by atoms with Crippen LogP contribution in [-0.2, 0) is 0 Å². The summed E-state index contributed by atoms with van der Waals surface area (Å²) in [6, 6.07) is 0. The predicted molar refractivity (Wildman–Crippen MR) is 119 cm³/mol. The number of hydrogen-bond acceptors (Lipinski definition) is 5. The Labute approximate surface area is 177 Å². The van der Waals surface area contributed by atoms with E-state index in [1.54, 1.807) is 6.08 Å². The van der Waals surface area contributed by atoms with Crippen molar-refractivity contribution >= 4 is 17.7 Å². The Hall–Kier alpha value is -2.27. The first-order valence-electron chi connectivity index (χ1n) is 11.4. The van der Waals surface area contributed by atoms with Crippen LogP contribution in [0, 0.1) is 5.92 Å². The minimum Gasteiger partial charge on any atom is -0.510 e. The summed E-state index contributed by atoms with van der Waals surface area (Å²) < 4.78 is 5.90. The van der Waals surface area contributed by atoms with Crippen LogP contribution in [0.2, 0.25) is 0 Å². The van der Waals surface area contributed by atoms with Crippen LogP contribution in [-0.4, -0.2) is 21.4 Å². The van der Waals surface area contributed by atoms with Crippen LogP contribution in [0.5, 0.6) is 5.75 Å². The van der Waals surface area contributed by atoms with Crippen LogP contribution < -0.4 is 16.1 Å². The molecule has 0 fully saturated rings. The van der Waals surface area contributed by atoms with Crippen LogP contribution >= 0.6 is 0 Å². The molecule has 0 saturated carbocycles. The largest absolute Gasteiger partial charge is 0.510 e. The molecule has 0 aromatic carbocycles. The fourth-order valence-electron chi connectivity index (χ4n) is 4.19. The summed E-state index contributed by atoms with van der Waals surface area (Å²) in [4.78, 5) is 12.6. The quantitative estimate of drug-likeness (QED) is 0.503. The third kappa shape index (κ3) is 5.45. The third-order valence-electron chi connectivity index (χ3n) is 6.06. The summed E-state index contributed by atoms with van der Waals surface area (Å²) in [7, 11) is 0. The Balaban J connectivity index is 1.67. The van der Waals surface area contributed by atoms with Crippen LogP contribution in [0.15, 0.2) is 27.1 Å². The van der Waals surface area contributed by atoms with E-state index in [0.717, 1.165) is 19.3 Å². The van der Waals surface area contributed by atoms with Crippen molar-refractivity contribution in [2.24, 2.45) is 5.92 Å². The first-order chi connectivity index (χ1) is 14.5. The molecule has 2 atom stereocenters. The molecule has 1 aromatic rings. The van der Waals surface area contributed by atoms with Crippen molar-refractivity contribution in [2.75, 3.05) is 0 Å². The number of aliphatic hydroxyl groups excluding tert-OH is 2. The van der Waals surface area contributed by atoms with E-state index in [4.69, 9.17) is 4.42 Å². The van der Waals surface area contributed by atoms with Gasteiger partial charge in [-0.1, -0.05) is 70.4 Å². The molecule has 3 N–H and O–H groups in total. The number of allylic oxidation sites excluding steroid dienone is 2. The lowest BCUT2D eigenvalue weighted by Crippen LogP contribution is -2.41. The van der Waals surface area contributed by atoms with Crippen molar-refractivity contribution in [3.8, 4) is 5.75 Å². The van der Waals surface area contributed by atoms with E-state index in [1.807, 2.05) is 12.2 Å². The van der Waals surface area contributed by atoms with Crippen molar-refractivity contribution in [3.05, 3.63) is 44.5 Å². The van der Waals surface area contributed by atoms with Gasteiger partial charge in [-0.3, -0.25) is 4.79 Å². The maximum Gasteiger partial charge on any atom is 0.234 e. The SMILES string of the molecule is CCCCCCCCCCC1C=c2oc(C3=CCC(O)C(O)=C3)c(O)c(=O)c2=CC1. The van der Waals surface area contributed by atoms with E-state index in [0.29, 0.717) is 22.1 Å². The van der Waals surface area contributed by atoms with E-state index in [1.165, 1.54) is 51.0 Å². The molecule has 2 aliphatic carbocycles. The highest BCUT2D eigenvalue weighted by molar-refractivity contribution is 5.75. The van der Waals surface area contributed by atoms with Gasteiger partial charge in [-0.25, -0.2) is 0 Å². The third-order valence-corrected chi connectivity index (χ3v) is 6.06. The van der Waals surface area contributed by atoms with Gasteiger partial charge in [0.05, 0.1) is 5.22 Å². The smallest absolute Gasteiger partial charge is 0.234 e. The van der Waals surface area contributed by atoms with Crippen molar-refractivity contribution in [2.45, 2.75) is 83.7 Å². The van der Waals surface area contributed by atoms with Crippen LogP contribution in [0.4, 0.5) is 0 Å². The fraction of sp³-hybridized carbons (Fsp3) is 0.560. The molecule has 0 saturated heterocycles. The molecule has 0 radical (unpaired) electrons. The number of hydrogen-bond donors (Lipinski definition) is 3. The van der Waals surface area contributed by atoms with Crippen LogP contribution in [0.3, 0.4) is 0 Å². The second kappa shape index (κ2) is 10.7. The molecule has 5 nitrogen and oxygen atoms in total. The number of aliphatic hydroxyl groups is 2. The van der Waals surface area contributed by atoms with E-state index in [9.17, 15) is 20.1 Å². The summed E-state index contributed by atoms with van der Waals surface area (Å²) >= 11 is 0. The molecule has 0 bridgehead atoms. The van der Waals surface area contributed by atoms with E-state index in [-0.39, 0.29) is 17.9 Å². The van der Waals surface area contributed by atoms with Gasteiger partial charge in [0, 0.05) is 5.57 Å². The highest BCUT2D eigenvalue weighted by atomic mass is 16.4. The van der Waals surface area contributed by atoms with Gasteiger partial charge in [-0.05, 0) is 37.3 Å². The number of rotatable bonds is 10. The lowest BCUT2D eigenvalue weighted by Gasteiger charge is -2.16. The van der Waals surface area contributed by atoms with Gasteiger partial charge in [0.25, 0.3) is 0 Å². The second-order valence-electron chi connectivity index (χ2n) is 8.50. The summed E-state index contributed by atoms with van der Waals surface area (Å²) in [5.74, 6) is -0.277. The molecule has 0 aliphatic heterocycles. The lowest BCUT2D eigenvalue weighted by molar-refractivity contribution is 0.154. The average molecular weight is 415 g/mol. The van der Waals surface area contributed by atoms with Crippen molar-refractivity contribution in [3.63, 3.8) is 0 Å². The van der Waals surface area contributed by atoms with Crippen molar-refractivity contribution in [1.82, 2.24) is 0 Å². The Morgan fingerprint density at radius 1 is 1.00 bits per heavy atom. The van der Waals surface area contributed by atoms with E-state index >= 15 is 0 Å². The summed E-state index contributed by atoms with van der Waals surface area (Å²) in [6.45, 7) is 2.24. The monoisotopic (exact) mass is 414 g/mol. The Morgan fingerprint density at radius 2 is 1.70 bits per heavy atom. The molecule has 2 unspecified atom stereocenters. The standard InChI is InChI=1S/C25H34O5/c1-2-3-4-5-6-7-8-9-10-17-11-13-19-22(15-17)30-25(24(29)23(19)28)18-12-14-20(26)21(27)16-18/h12-13,15-17,20,26-27,29H,2-11,14H2,1H3. The van der Waals surface area contributed by atoms with Gasteiger partial charge < -0.3 is 19.7 Å². The first kappa shape index (κ1) is 22.4. The number of unbranched alkanes of at least 4 members (excludes halogenated alkanes) is 7. The molecular formula is C25H34O5. The Morgan fingerprint density at radius 3 is 2.40 bits per heavy atom. The molecular weight excluding hydrogens is 380 g/mol. The lowest BCUT2D eigenvalue weighted by atomic mass is 9.93. The van der Waals surface area contributed by atoms with Gasteiger partial charge in [-0.15, -0.1) is 0 Å². The second-order valence-corrected chi connectivity index (χ2v) is 8.50. The number of aromatic hydroxyl groups is 1. The predicted octanol–water partition coefficient (Wildman–Crippen LogP) is 4.05. The zero-order valence-electron chi connectivity index (χ0n) is 17.9. The Kier molecular flexibility index (Phi) is 7.97. The first-order valence-corrected chi connectivity index (χ1v) is 11.4. The highest BCUT2D eigenvalue weighted by Gasteiger charge is 2.22. The minimum atomic E-state index is -0.962. The number of fused-ring (bicyclic) bond motifs is 1. The maximum absolute atomic E-state index is 12.6. The molecule has 3 rings (SSSR count). The van der Waals surface area contributed by atoms with Crippen LogP contribution in [0.1, 0.15) is 83.3 Å². The highest BCUT2D eigenvalue weighted by Crippen LogP contribution is 2.28. The Bertz CT molecular complexity index is 966. The van der Waals surface area contributed by atoms with Crippen molar-refractivity contribution in [1.29, 1.82) is 0 Å². The van der Waals surface area contributed by atoms with Gasteiger partial charge in [0.1, 0.15) is 17.3 Å². The topological polar surface area (TPSA) is 90.9 Å². The molecule has 30 heavy (non-hydrogen) atoms. The van der Waals surface area contributed by atoms with E-state index in [2.05, 4.69) is 6.92 Å². The molecule has 164 valence electrons.